The second-order valence-electron chi connectivity index (χ2n) is 6.29. The Morgan fingerprint density at radius 1 is 1.06 bits per heavy atom. The summed E-state index contributed by atoms with van der Waals surface area (Å²) >= 11 is 0. The first-order valence-corrected chi connectivity index (χ1v) is 7.31. The van der Waals surface area contributed by atoms with Crippen molar-refractivity contribution >= 4 is 0 Å². The van der Waals surface area contributed by atoms with Crippen LogP contribution in [0.5, 0.6) is 0 Å². The molecule has 2 aliphatic heterocycles. The smallest absolute Gasteiger partial charge is 0.0120 e. The molecule has 2 N–H and O–H groups in total. The summed E-state index contributed by atoms with van der Waals surface area (Å²) < 4.78 is 0. The third-order valence-electron chi connectivity index (χ3n) is 4.75. The van der Waals surface area contributed by atoms with Gasteiger partial charge in [0.05, 0.1) is 0 Å². The molecule has 3 nitrogen and oxygen atoms in total. The van der Waals surface area contributed by atoms with Gasteiger partial charge in [-0.2, -0.15) is 0 Å². The fourth-order valence-corrected chi connectivity index (χ4v) is 3.30. The summed E-state index contributed by atoms with van der Waals surface area (Å²) in [4.78, 5) is 5.31. The van der Waals surface area contributed by atoms with Gasteiger partial charge in [0, 0.05) is 24.7 Å². The largest absolute Gasteiger partial charge is 0.327 e. The molecule has 0 spiro atoms. The van der Waals surface area contributed by atoms with Crippen molar-refractivity contribution in [3.63, 3.8) is 0 Å². The van der Waals surface area contributed by atoms with Crippen LogP contribution in [0.3, 0.4) is 0 Å². The van der Waals surface area contributed by atoms with Crippen LogP contribution < -0.4 is 5.73 Å². The van der Waals surface area contributed by atoms with E-state index in [-0.39, 0.29) is 0 Å². The number of rotatable bonds is 2. The summed E-state index contributed by atoms with van der Waals surface area (Å²) in [5.74, 6) is 0.673. The first kappa shape index (κ1) is 13.3. The fraction of sp³-hybridized carbons (Fsp3) is 1.00. The maximum Gasteiger partial charge on any atom is 0.0120 e. The molecular formula is C14H29N3. The van der Waals surface area contributed by atoms with Gasteiger partial charge < -0.3 is 10.6 Å². The zero-order chi connectivity index (χ0) is 12.4. The average molecular weight is 239 g/mol. The van der Waals surface area contributed by atoms with E-state index in [2.05, 4.69) is 30.6 Å². The highest BCUT2D eigenvalue weighted by atomic mass is 15.2. The standard InChI is InChI=1S/C14H29N3/c1-11(2)16-7-4-13(5-8-16)17-9-6-14(15)12(3)10-17/h11-14H,4-10,15H2,1-3H3. The normalized spacial score (nSPS) is 34.4. The lowest BCUT2D eigenvalue weighted by molar-refractivity contribution is 0.0589. The van der Waals surface area contributed by atoms with Crippen molar-refractivity contribution in [1.29, 1.82) is 0 Å². The van der Waals surface area contributed by atoms with E-state index in [0.717, 1.165) is 6.04 Å². The third kappa shape index (κ3) is 3.21. The minimum atomic E-state index is 0.432. The number of nitrogens with two attached hydrogens (primary N) is 1. The summed E-state index contributed by atoms with van der Waals surface area (Å²) in [7, 11) is 0. The molecule has 0 aromatic heterocycles. The van der Waals surface area contributed by atoms with Gasteiger partial charge in [-0.1, -0.05) is 6.92 Å². The first-order valence-electron chi connectivity index (χ1n) is 7.31. The highest BCUT2D eigenvalue weighted by Gasteiger charge is 2.30. The van der Waals surface area contributed by atoms with Crippen LogP contribution in [0.4, 0.5) is 0 Å². The summed E-state index contributed by atoms with van der Waals surface area (Å²) in [6.07, 6.45) is 3.88. The van der Waals surface area contributed by atoms with Gasteiger partial charge in [-0.25, -0.2) is 0 Å². The second-order valence-corrected chi connectivity index (χ2v) is 6.29. The van der Waals surface area contributed by atoms with Gasteiger partial charge in [-0.05, 0) is 58.7 Å². The predicted octanol–water partition coefficient (Wildman–Crippen LogP) is 1.53. The van der Waals surface area contributed by atoms with Gasteiger partial charge >= 0.3 is 0 Å². The highest BCUT2D eigenvalue weighted by Crippen LogP contribution is 2.23. The van der Waals surface area contributed by atoms with Crippen molar-refractivity contribution in [2.24, 2.45) is 11.7 Å². The van der Waals surface area contributed by atoms with Gasteiger partial charge in [0.25, 0.3) is 0 Å². The molecule has 2 aliphatic rings. The van der Waals surface area contributed by atoms with E-state index >= 15 is 0 Å². The summed E-state index contributed by atoms with van der Waals surface area (Å²) in [5.41, 5.74) is 6.10. The molecule has 0 amide bonds. The molecule has 0 radical (unpaired) electrons. The van der Waals surface area contributed by atoms with E-state index in [1.54, 1.807) is 0 Å². The Morgan fingerprint density at radius 3 is 2.24 bits per heavy atom. The van der Waals surface area contributed by atoms with E-state index in [1.807, 2.05) is 0 Å². The van der Waals surface area contributed by atoms with E-state index in [0.29, 0.717) is 18.0 Å². The summed E-state index contributed by atoms with van der Waals surface area (Å²) in [5, 5.41) is 0. The van der Waals surface area contributed by atoms with E-state index < -0.39 is 0 Å². The topological polar surface area (TPSA) is 32.5 Å². The lowest BCUT2D eigenvalue weighted by Gasteiger charge is -2.44. The lowest BCUT2D eigenvalue weighted by atomic mass is 9.91. The maximum absolute atomic E-state index is 6.10. The summed E-state index contributed by atoms with van der Waals surface area (Å²) in [6.45, 7) is 11.9. The Labute approximate surface area is 106 Å². The van der Waals surface area contributed by atoms with Gasteiger partial charge in [0.2, 0.25) is 0 Å². The molecule has 2 unspecified atom stereocenters. The number of likely N-dealkylation sites (tertiary alicyclic amines) is 2. The molecule has 2 atom stereocenters. The zero-order valence-corrected chi connectivity index (χ0v) is 11.7. The first-order chi connectivity index (χ1) is 8.08. The van der Waals surface area contributed by atoms with Gasteiger partial charge in [0.15, 0.2) is 0 Å². The number of nitrogens with zero attached hydrogens (tertiary/aromatic N) is 2. The van der Waals surface area contributed by atoms with Crippen LogP contribution >= 0.6 is 0 Å². The summed E-state index contributed by atoms with van der Waals surface area (Å²) in [6, 6.07) is 1.96. The Balaban J connectivity index is 1.81. The molecule has 2 saturated heterocycles. The Hall–Kier alpha value is -0.120. The Bertz CT molecular complexity index is 234. The molecule has 0 aromatic rings. The number of hydrogen-bond donors (Lipinski definition) is 1. The van der Waals surface area contributed by atoms with Crippen LogP contribution in [0.1, 0.15) is 40.0 Å². The molecule has 17 heavy (non-hydrogen) atoms. The number of hydrogen-bond acceptors (Lipinski definition) is 3. The minimum Gasteiger partial charge on any atom is -0.327 e. The Kier molecular flexibility index (Phi) is 4.45. The fourth-order valence-electron chi connectivity index (χ4n) is 3.30. The minimum absolute atomic E-state index is 0.432. The van der Waals surface area contributed by atoms with Crippen LogP contribution in [0.15, 0.2) is 0 Å². The van der Waals surface area contributed by atoms with Crippen LogP contribution in [0.2, 0.25) is 0 Å². The quantitative estimate of drug-likeness (QED) is 0.793. The molecule has 2 rings (SSSR count). The van der Waals surface area contributed by atoms with Crippen molar-refractivity contribution in [1.82, 2.24) is 9.80 Å². The van der Waals surface area contributed by atoms with Crippen LogP contribution in [-0.2, 0) is 0 Å². The maximum atomic E-state index is 6.10. The lowest BCUT2D eigenvalue weighted by Crippen LogP contribution is -2.53. The van der Waals surface area contributed by atoms with Crippen molar-refractivity contribution in [2.45, 2.75) is 58.2 Å². The van der Waals surface area contributed by atoms with Crippen LogP contribution in [-0.4, -0.2) is 54.1 Å². The van der Waals surface area contributed by atoms with Crippen molar-refractivity contribution < 1.29 is 0 Å². The van der Waals surface area contributed by atoms with Crippen molar-refractivity contribution in [2.75, 3.05) is 26.2 Å². The molecule has 2 fully saturated rings. The average Bonchev–Trinajstić information content (AvgIpc) is 2.33. The van der Waals surface area contributed by atoms with E-state index in [1.165, 1.54) is 45.4 Å². The second kappa shape index (κ2) is 5.68. The molecule has 3 heteroatoms. The molecule has 0 aromatic carbocycles. The molecule has 0 bridgehead atoms. The van der Waals surface area contributed by atoms with Crippen LogP contribution in [0.25, 0.3) is 0 Å². The zero-order valence-electron chi connectivity index (χ0n) is 11.7. The molecule has 2 heterocycles. The van der Waals surface area contributed by atoms with Gasteiger partial charge in [-0.3, -0.25) is 4.90 Å². The highest BCUT2D eigenvalue weighted by molar-refractivity contribution is 4.87. The Morgan fingerprint density at radius 2 is 1.71 bits per heavy atom. The monoisotopic (exact) mass is 239 g/mol. The molecule has 0 saturated carbocycles. The molecule has 0 aliphatic carbocycles. The van der Waals surface area contributed by atoms with E-state index in [4.69, 9.17) is 5.73 Å². The molecular weight excluding hydrogens is 210 g/mol. The van der Waals surface area contributed by atoms with Gasteiger partial charge in [0.1, 0.15) is 0 Å². The van der Waals surface area contributed by atoms with E-state index in [9.17, 15) is 0 Å². The third-order valence-corrected chi connectivity index (χ3v) is 4.75. The van der Waals surface area contributed by atoms with Gasteiger partial charge in [-0.15, -0.1) is 0 Å². The van der Waals surface area contributed by atoms with Crippen molar-refractivity contribution in [3.8, 4) is 0 Å². The number of piperidine rings is 2. The predicted molar refractivity (Wildman–Crippen MR) is 73.1 cm³/mol. The van der Waals surface area contributed by atoms with Crippen molar-refractivity contribution in [3.05, 3.63) is 0 Å². The van der Waals surface area contributed by atoms with Crippen LogP contribution in [0, 0.1) is 5.92 Å². The molecule has 100 valence electrons. The SMILES string of the molecule is CC1CN(C2CCN(C(C)C)CC2)CCC1N.